The second kappa shape index (κ2) is 10.7. The quantitative estimate of drug-likeness (QED) is 0.302. The van der Waals surface area contributed by atoms with Crippen molar-refractivity contribution in [3.05, 3.63) is 66.0 Å². The molecule has 0 spiro atoms. The molecule has 0 N–H and O–H groups in total. The van der Waals surface area contributed by atoms with Crippen molar-refractivity contribution in [1.29, 1.82) is 0 Å². The van der Waals surface area contributed by atoms with Crippen LogP contribution in [-0.2, 0) is 16.2 Å². The average Bonchev–Trinajstić information content (AvgIpc) is 3.41. The van der Waals surface area contributed by atoms with Crippen molar-refractivity contribution in [2.75, 3.05) is 19.6 Å². The SMILES string of the molecule is O=C(CN1C(=O)S/C(=C/c2ccc(OCc3ccc(Cl)c(Cl)c3)c(I)c2)C1=O)N1CCCC1. The molecule has 4 rings (SSSR count). The molecule has 2 heterocycles. The molecule has 0 aromatic heterocycles. The van der Waals surface area contributed by atoms with Crippen LogP contribution in [0.5, 0.6) is 5.75 Å². The first-order valence-corrected chi connectivity index (χ1v) is 12.9. The number of hydrogen-bond donors (Lipinski definition) is 0. The summed E-state index contributed by atoms with van der Waals surface area (Å²) in [4.78, 5) is 40.5. The number of amides is 3. The van der Waals surface area contributed by atoms with Gasteiger partial charge in [0.15, 0.2) is 0 Å². The maximum atomic E-state index is 12.7. The maximum absolute atomic E-state index is 12.7. The van der Waals surface area contributed by atoms with Crippen LogP contribution >= 0.6 is 57.6 Å². The number of hydrogen-bond acceptors (Lipinski definition) is 5. The van der Waals surface area contributed by atoms with Crippen molar-refractivity contribution in [1.82, 2.24) is 9.80 Å². The molecule has 0 unspecified atom stereocenters. The molecule has 0 aliphatic carbocycles. The van der Waals surface area contributed by atoms with Gasteiger partial charge < -0.3 is 9.64 Å². The number of imide groups is 1. The summed E-state index contributed by atoms with van der Waals surface area (Å²) in [5.74, 6) is 0.0599. The standard InChI is InChI=1S/C23H19Cl2IN2O4S/c24-16-5-3-15(9-17(16)25)13-32-19-6-4-14(10-18(19)26)11-20-22(30)28(23(31)33-20)12-21(29)27-7-1-2-8-27/h3-6,9-11H,1-2,7-8,12-13H2/b20-11+. The molecule has 2 aromatic rings. The van der Waals surface area contributed by atoms with Gasteiger partial charge >= 0.3 is 0 Å². The van der Waals surface area contributed by atoms with E-state index in [1.807, 2.05) is 24.3 Å². The molecule has 6 nitrogen and oxygen atoms in total. The van der Waals surface area contributed by atoms with E-state index in [-0.39, 0.29) is 12.5 Å². The number of nitrogens with zero attached hydrogens (tertiary/aromatic N) is 2. The van der Waals surface area contributed by atoms with E-state index in [2.05, 4.69) is 22.6 Å². The van der Waals surface area contributed by atoms with E-state index in [0.29, 0.717) is 40.4 Å². The van der Waals surface area contributed by atoms with Crippen LogP contribution in [0.3, 0.4) is 0 Å². The summed E-state index contributed by atoms with van der Waals surface area (Å²) in [6.07, 6.45) is 3.58. The van der Waals surface area contributed by atoms with Crippen molar-refractivity contribution in [2.45, 2.75) is 19.4 Å². The van der Waals surface area contributed by atoms with Gasteiger partial charge in [-0.25, -0.2) is 0 Å². The van der Waals surface area contributed by atoms with Gasteiger partial charge in [0.2, 0.25) is 5.91 Å². The van der Waals surface area contributed by atoms with E-state index in [0.717, 1.165) is 44.2 Å². The van der Waals surface area contributed by atoms with Crippen LogP contribution in [0.25, 0.3) is 6.08 Å². The highest BCUT2D eigenvalue weighted by molar-refractivity contribution is 14.1. The van der Waals surface area contributed by atoms with E-state index in [4.69, 9.17) is 27.9 Å². The fraction of sp³-hybridized carbons (Fsp3) is 0.261. The molecule has 0 radical (unpaired) electrons. The third-order valence-corrected chi connectivity index (χ3v) is 7.75. The smallest absolute Gasteiger partial charge is 0.294 e. The number of carbonyl (C=O) groups excluding carboxylic acids is 3. The van der Waals surface area contributed by atoms with Gasteiger partial charge in [-0.15, -0.1) is 0 Å². The zero-order valence-electron chi connectivity index (χ0n) is 17.4. The van der Waals surface area contributed by atoms with Crippen molar-refractivity contribution >= 4 is 80.7 Å². The van der Waals surface area contributed by atoms with Crippen LogP contribution in [0, 0.1) is 3.57 Å². The van der Waals surface area contributed by atoms with Crippen LogP contribution in [0.4, 0.5) is 4.79 Å². The lowest BCUT2D eigenvalue weighted by Gasteiger charge is -2.18. The lowest BCUT2D eigenvalue weighted by molar-refractivity contribution is -0.135. The molecule has 2 saturated heterocycles. The Bertz CT molecular complexity index is 1150. The zero-order valence-corrected chi connectivity index (χ0v) is 21.8. The molecule has 2 aromatic carbocycles. The summed E-state index contributed by atoms with van der Waals surface area (Å²) in [5.41, 5.74) is 1.65. The fourth-order valence-electron chi connectivity index (χ4n) is 3.50. The number of thioether (sulfide) groups is 1. The summed E-state index contributed by atoms with van der Waals surface area (Å²) in [7, 11) is 0. The molecule has 0 saturated carbocycles. The van der Waals surface area contributed by atoms with Crippen molar-refractivity contribution in [2.24, 2.45) is 0 Å². The Morgan fingerprint density at radius 2 is 1.85 bits per heavy atom. The van der Waals surface area contributed by atoms with Crippen LogP contribution < -0.4 is 4.74 Å². The first-order valence-electron chi connectivity index (χ1n) is 10.2. The molecule has 0 bridgehead atoms. The van der Waals surface area contributed by atoms with E-state index in [1.165, 1.54) is 0 Å². The second-order valence-corrected chi connectivity index (χ2v) is 10.6. The van der Waals surface area contributed by atoms with Gasteiger partial charge in [-0.1, -0.05) is 35.3 Å². The number of halogens is 3. The number of carbonyl (C=O) groups is 3. The Balaban J connectivity index is 1.41. The molecule has 2 fully saturated rings. The number of likely N-dealkylation sites (tertiary alicyclic amines) is 1. The molecule has 2 aliphatic heterocycles. The molecular weight excluding hydrogens is 598 g/mol. The first kappa shape index (κ1) is 24.4. The third kappa shape index (κ3) is 5.85. The minimum atomic E-state index is -0.438. The van der Waals surface area contributed by atoms with Crippen LogP contribution in [0.2, 0.25) is 10.0 Å². The Kier molecular flexibility index (Phi) is 7.88. The predicted molar refractivity (Wildman–Crippen MR) is 138 cm³/mol. The lowest BCUT2D eigenvalue weighted by Crippen LogP contribution is -2.40. The van der Waals surface area contributed by atoms with Crippen LogP contribution in [0.1, 0.15) is 24.0 Å². The maximum Gasteiger partial charge on any atom is 0.294 e. The predicted octanol–water partition coefficient (Wildman–Crippen LogP) is 5.84. The summed E-state index contributed by atoms with van der Waals surface area (Å²) in [6, 6.07) is 10.8. The van der Waals surface area contributed by atoms with Gasteiger partial charge in [0.1, 0.15) is 18.9 Å². The minimum absolute atomic E-state index is 0.186. The van der Waals surface area contributed by atoms with Gasteiger partial charge in [0.25, 0.3) is 11.1 Å². The van der Waals surface area contributed by atoms with Crippen LogP contribution in [0.15, 0.2) is 41.3 Å². The number of ether oxygens (including phenoxy) is 1. The first-order chi connectivity index (χ1) is 15.8. The monoisotopic (exact) mass is 616 g/mol. The largest absolute Gasteiger partial charge is 0.488 e. The molecular formula is C23H19Cl2IN2O4S. The zero-order chi connectivity index (χ0) is 23.5. The van der Waals surface area contributed by atoms with Crippen molar-refractivity contribution < 1.29 is 19.1 Å². The van der Waals surface area contributed by atoms with Crippen molar-refractivity contribution in [3.63, 3.8) is 0 Å². The molecule has 2 aliphatic rings. The summed E-state index contributed by atoms with van der Waals surface area (Å²) in [6.45, 7) is 1.49. The second-order valence-electron chi connectivity index (χ2n) is 7.58. The van der Waals surface area contributed by atoms with Gasteiger partial charge in [-0.05, 0) is 88.7 Å². The van der Waals surface area contributed by atoms with Gasteiger partial charge in [0, 0.05) is 13.1 Å². The van der Waals surface area contributed by atoms with E-state index in [9.17, 15) is 14.4 Å². The lowest BCUT2D eigenvalue weighted by atomic mass is 10.2. The number of rotatable bonds is 6. The Labute approximate surface area is 219 Å². The van der Waals surface area contributed by atoms with Gasteiger partial charge in [-0.3, -0.25) is 19.3 Å². The molecule has 172 valence electrons. The summed E-state index contributed by atoms with van der Waals surface area (Å²) in [5, 5.41) is 0.540. The minimum Gasteiger partial charge on any atom is -0.488 e. The molecule has 0 atom stereocenters. The van der Waals surface area contributed by atoms with E-state index in [1.54, 1.807) is 23.1 Å². The average molecular weight is 617 g/mol. The van der Waals surface area contributed by atoms with Gasteiger partial charge in [-0.2, -0.15) is 0 Å². The molecule has 10 heteroatoms. The highest BCUT2D eigenvalue weighted by Gasteiger charge is 2.37. The Hall–Kier alpha value is -1.75. The fourth-order valence-corrected chi connectivity index (χ4v) is 5.36. The Morgan fingerprint density at radius 3 is 2.55 bits per heavy atom. The van der Waals surface area contributed by atoms with Crippen LogP contribution in [-0.4, -0.2) is 46.5 Å². The molecule has 33 heavy (non-hydrogen) atoms. The van der Waals surface area contributed by atoms with E-state index < -0.39 is 11.1 Å². The summed E-state index contributed by atoms with van der Waals surface area (Å²) < 4.78 is 6.74. The normalized spacial score (nSPS) is 17.4. The number of benzene rings is 2. The van der Waals surface area contributed by atoms with Crippen molar-refractivity contribution in [3.8, 4) is 5.75 Å². The summed E-state index contributed by atoms with van der Waals surface area (Å²) >= 11 is 15.0. The third-order valence-electron chi connectivity index (χ3n) is 5.26. The van der Waals surface area contributed by atoms with E-state index >= 15 is 0 Å². The topological polar surface area (TPSA) is 66.9 Å². The molecule has 3 amide bonds. The highest BCUT2D eigenvalue weighted by atomic mass is 127. The van der Waals surface area contributed by atoms with Gasteiger partial charge in [0.05, 0.1) is 18.5 Å². The highest BCUT2D eigenvalue weighted by Crippen LogP contribution is 2.33. The Morgan fingerprint density at radius 1 is 1.09 bits per heavy atom.